The molecule has 0 aromatic carbocycles. The number of rotatable bonds is 6. The molecule has 0 aromatic heterocycles. The maximum Gasteiger partial charge on any atom is 0.130 e. The second kappa shape index (κ2) is 8.13. The zero-order valence-electron chi connectivity index (χ0n) is 10.8. The highest BCUT2D eigenvalue weighted by Crippen LogP contribution is 2.21. The minimum Gasteiger partial charge on any atom is -0.381 e. The molecule has 2 heteroatoms. The molecule has 0 amide bonds. The highest BCUT2D eigenvalue weighted by Gasteiger charge is 2.10. The Hall–Kier alpha value is -1.07. The first kappa shape index (κ1) is 14.9. The summed E-state index contributed by atoms with van der Waals surface area (Å²) in [6, 6.07) is 0. The number of ketones is 1. The average molecular weight is 222 g/mol. The van der Waals surface area contributed by atoms with Crippen molar-refractivity contribution in [3.05, 3.63) is 12.2 Å². The van der Waals surface area contributed by atoms with E-state index in [0.717, 1.165) is 6.42 Å². The normalized spacial score (nSPS) is 11.2. The van der Waals surface area contributed by atoms with Crippen molar-refractivity contribution in [3.63, 3.8) is 0 Å². The standard InChI is InChI=1S/C14H22O2/c1-13(15)9-6-5-7-10-14(2,3)11-8-12-16-4/h8,11H,6,9-10,12H2,1-4H3/b11-8+. The molecule has 2 nitrogen and oxygen atoms in total. The van der Waals surface area contributed by atoms with Crippen LogP contribution in [0.5, 0.6) is 0 Å². The van der Waals surface area contributed by atoms with Crippen LogP contribution in [0.25, 0.3) is 0 Å². The highest BCUT2D eigenvalue weighted by atomic mass is 16.5. The predicted molar refractivity (Wildman–Crippen MR) is 67.1 cm³/mol. The van der Waals surface area contributed by atoms with Gasteiger partial charge >= 0.3 is 0 Å². The molecule has 0 aromatic rings. The van der Waals surface area contributed by atoms with Crippen molar-refractivity contribution in [3.8, 4) is 11.8 Å². The van der Waals surface area contributed by atoms with Crippen molar-refractivity contribution >= 4 is 5.78 Å². The first-order valence-corrected chi connectivity index (χ1v) is 5.60. The maximum atomic E-state index is 10.7. The molecule has 0 saturated carbocycles. The summed E-state index contributed by atoms with van der Waals surface area (Å²) in [5, 5.41) is 0. The molecule has 0 aliphatic carbocycles. The lowest BCUT2D eigenvalue weighted by Crippen LogP contribution is -2.06. The number of hydrogen-bond donors (Lipinski definition) is 0. The van der Waals surface area contributed by atoms with Crippen molar-refractivity contribution < 1.29 is 9.53 Å². The van der Waals surface area contributed by atoms with E-state index in [2.05, 4.69) is 31.8 Å². The summed E-state index contributed by atoms with van der Waals surface area (Å²) in [6.07, 6.45) is 6.18. The topological polar surface area (TPSA) is 26.3 Å². The van der Waals surface area contributed by atoms with Gasteiger partial charge in [-0.25, -0.2) is 0 Å². The number of Topliss-reactive ketones (excluding diaryl/α,β-unsaturated/α-hetero) is 1. The number of carbonyl (C=O) groups is 1. The monoisotopic (exact) mass is 222 g/mol. The predicted octanol–water partition coefficient (Wildman–Crippen LogP) is 2.98. The lowest BCUT2D eigenvalue weighted by Gasteiger charge is -2.15. The second-order valence-corrected chi connectivity index (χ2v) is 4.58. The molecule has 0 rings (SSSR count). The van der Waals surface area contributed by atoms with Crippen LogP contribution in [0, 0.1) is 17.3 Å². The minimum atomic E-state index is 0.0712. The number of methoxy groups -OCH3 is 1. The van der Waals surface area contributed by atoms with E-state index in [4.69, 9.17) is 4.74 Å². The van der Waals surface area contributed by atoms with Gasteiger partial charge in [0.15, 0.2) is 0 Å². The molecular formula is C14H22O2. The lowest BCUT2D eigenvalue weighted by atomic mass is 9.89. The second-order valence-electron chi connectivity index (χ2n) is 4.58. The van der Waals surface area contributed by atoms with E-state index in [1.807, 2.05) is 6.08 Å². The Morgan fingerprint density at radius 2 is 2.06 bits per heavy atom. The third-order valence-electron chi connectivity index (χ3n) is 2.10. The van der Waals surface area contributed by atoms with E-state index in [1.165, 1.54) is 0 Å². The summed E-state index contributed by atoms with van der Waals surface area (Å²) in [7, 11) is 1.68. The highest BCUT2D eigenvalue weighted by molar-refractivity contribution is 5.75. The van der Waals surface area contributed by atoms with Crippen molar-refractivity contribution in [2.45, 2.75) is 40.0 Å². The fourth-order valence-corrected chi connectivity index (χ4v) is 1.14. The van der Waals surface area contributed by atoms with Crippen molar-refractivity contribution in [1.82, 2.24) is 0 Å². The van der Waals surface area contributed by atoms with Gasteiger partial charge in [0, 0.05) is 26.4 Å². The first-order valence-electron chi connectivity index (χ1n) is 5.60. The van der Waals surface area contributed by atoms with Gasteiger partial charge in [-0.1, -0.05) is 26.0 Å². The number of ether oxygens (including phenoxy) is 1. The van der Waals surface area contributed by atoms with Gasteiger partial charge in [-0.15, -0.1) is 11.8 Å². The fraction of sp³-hybridized carbons (Fsp3) is 0.643. The number of hydrogen-bond acceptors (Lipinski definition) is 2. The summed E-state index contributed by atoms with van der Waals surface area (Å²) in [4.78, 5) is 10.7. The zero-order valence-corrected chi connectivity index (χ0v) is 10.8. The smallest absolute Gasteiger partial charge is 0.130 e. The summed E-state index contributed by atoms with van der Waals surface area (Å²) < 4.78 is 4.95. The zero-order chi connectivity index (χ0) is 12.4. The Labute approximate surface area is 99.1 Å². The Morgan fingerprint density at radius 1 is 1.38 bits per heavy atom. The number of carbonyl (C=O) groups excluding carboxylic acids is 1. The van der Waals surface area contributed by atoms with Gasteiger partial charge in [0.1, 0.15) is 5.78 Å². The molecule has 0 spiro atoms. The van der Waals surface area contributed by atoms with Crippen LogP contribution in [0.4, 0.5) is 0 Å². The van der Waals surface area contributed by atoms with Crippen LogP contribution in [0.1, 0.15) is 40.0 Å². The summed E-state index contributed by atoms with van der Waals surface area (Å²) >= 11 is 0. The first-order chi connectivity index (χ1) is 7.48. The van der Waals surface area contributed by atoms with Crippen LogP contribution in [0.15, 0.2) is 12.2 Å². The summed E-state index contributed by atoms with van der Waals surface area (Å²) in [6.45, 7) is 6.51. The van der Waals surface area contributed by atoms with E-state index >= 15 is 0 Å². The van der Waals surface area contributed by atoms with Crippen LogP contribution in [-0.4, -0.2) is 19.5 Å². The Balaban J connectivity index is 3.92. The quantitative estimate of drug-likeness (QED) is 0.510. The van der Waals surface area contributed by atoms with E-state index in [-0.39, 0.29) is 11.2 Å². The van der Waals surface area contributed by atoms with Crippen molar-refractivity contribution in [2.24, 2.45) is 5.41 Å². The molecule has 0 fully saturated rings. The fourth-order valence-electron chi connectivity index (χ4n) is 1.14. The Bertz CT molecular complexity index is 290. The van der Waals surface area contributed by atoms with Gasteiger partial charge < -0.3 is 4.74 Å². The van der Waals surface area contributed by atoms with E-state index < -0.39 is 0 Å². The largest absolute Gasteiger partial charge is 0.381 e. The molecule has 0 radical (unpaired) electrons. The minimum absolute atomic E-state index is 0.0712. The molecule has 0 heterocycles. The van der Waals surface area contributed by atoms with Crippen LogP contribution in [0.2, 0.25) is 0 Å². The summed E-state index contributed by atoms with van der Waals surface area (Å²) in [5.41, 5.74) is 0.0712. The van der Waals surface area contributed by atoms with Crippen LogP contribution in [-0.2, 0) is 9.53 Å². The molecule has 16 heavy (non-hydrogen) atoms. The molecule has 0 unspecified atom stereocenters. The van der Waals surface area contributed by atoms with Crippen LogP contribution < -0.4 is 0 Å². The Kier molecular flexibility index (Phi) is 7.58. The van der Waals surface area contributed by atoms with Gasteiger partial charge in [-0.05, 0) is 12.3 Å². The van der Waals surface area contributed by atoms with Gasteiger partial charge in [0.2, 0.25) is 0 Å². The van der Waals surface area contributed by atoms with E-state index in [1.54, 1.807) is 14.0 Å². The van der Waals surface area contributed by atoms with E-state index in [0.29, 0.717) is 19.4 Å². The van der Waals surface area contributed by atoms with Gasteiger partial charge in [-0.3, -0.25) is 4.79 Å². The van der Waals surface area contributed by atoms with Crippen molar-refractivity contribution in [2.75, 3.05) is 13.7 Å². The SMILES string of the molecule is COC/C=C/C(C)(C)CC#CCCC(C)=O. The van der Waals surface area contributed by atoms with Crippen LogP contribution in [0.3, 0.4) is 0 Å². The molecular weight excluding hydrogens is 200 g/mol. The molecule has 90 valence electrons. The van der Waals surface area contributed by atoms with Crippen LogP contribution >= 0.6 is 0 Å². The van der Waals surface area contributed by atoms with Gasteiger partial charge in [-0.2, -0.15) is 0 Å². The molecule has 0 saturated heterocycles. The molecule has 0 atom stereocenters. The Morgan fingerprint density at radius 3 is 2.62 bits per heavy atom. The lowest BCUT2D eigenvalue weighted by molar-refractivity contribution is -0.116. The van der Waals surface area contributed by atoms with Gasteiger partial charge in [0.25, 0.3) is 0 Å². The molecule has 0 aliphatic rings. The van der Waals surface area contributed by atoms with Crippen molar-refractivity contribution in [1.29, 1.82) is 0 Å². The average Bonchev–Trinajstić information content (AvgIpc) is 2.16. The number of allylic oxidation sites excluding steroid dienone is 1. The molecule has 0 bridgehead atoms. The van der Waals surface area contributed by atoms with E-state index in [9.17, 15) is 4.79 Å². The molecule has 0 aliphatic heterocycles. The summed E-state index contributed by atoms with van der Waals surface area (Å²) in [5.74, 6) is 6.34. The third kappa shape index (κ3) is 9.48. The molecule has 0 N–H and O–H groups in total. The third-order valence-corrected chi connectivity index (χ3v) is 2.10. The van der Waals surface area contributed by atoms with Gasteiger partial charge in [0.05, 0.1) is 6.61 Å². The maximum absolute atomic E-state index is 10.7.